The first kappa shape index (κ1) is 24.6. The summed E-state index contributed by atoms with van der Waals surface area (Å²) in [4.78, 5) is 59.6. The van der Waals surface area contributed by atoms with Crippen molar-refractivity contribution in [2.24, 2.45) is 0 Å². The SMILES string of the molecule is CC(=O)CN(CCN(CCN(CC(=O)O)CC(=O)O)CC(=O)O)CC(C)=O. The van der Waals surface area contributed by atoms with Gasteiger partial charge in [-0.05, 0) is 13.8 Å². The van der Waals surface area contributed by atoms with E-state index in [-0.39, 0.29) is 57.4 Å². The van der Waals surface area contributed by atoms with E-state index in [2.05, 4.69) is 0 Å². The minimum Gasteiger partial charge on any atom is -0.480 e. The third kappa shape index (κ3) is 14.5. The van der Waals surface area contributed by atoms with E-state index in [4.69, 9.17) is 15.3 Å². The summed E-state index contributed by atoms with van der Waals surface area (Å²) in [5.41, 5.74) is 0. The van der Waals surface area contributed by atoms with Gasteiger partial charge in [0.05, 0.1) is 32.7 Å². The van der Waals surface area contributed by atoms with Crippen molar-refractivity contribution in [3.8, 4) is 0 Å². The molecule has 0 aromatic heterocycles. The Labute approximate surface area is 157 Å². The molecule has 11 nitrogen and oxygen atoms in total. The minimum absolute atomic E-state index is 0.0469. The summed E-state index contributed by atoms with van der Waals surface area (Å²) in [6.07, 6.45) is 0. The van der Waals surface area contributed by atoms with E-state index in [1.807, 2.05) is 0 Å². The predicted molar refractivity (Wildman–Crippen MR) is 93.6 cm³/mol. The number of aliphatic carboxylic acids is 3. The largest absolute Gasteiger partial charge is 0.480 e. The van der Waals surface area contributed by atoms with Crippen LogP contribution in [-0.4, -0.2) is 118 Å². The van der Waals surface area contributed by atoms with Crippen LogP contribution in [0.1, 0.15) is 13.8 Å². The number of ketones is 2. The van der Waals surface area contributed by atoms with Crippen molar-refractivity contribution >= 4 is 29.5 Å². The smallest absolute Gasteiger partial charge is 0.317 e. The van der Waals surface area contributed by atoms with E-state index in [1.54, 1.807) is 4.90 Å². The Kier molecular flexibility index (Phi) is 11.8. The summed E-state index contributed by atoms with van der Waals surface area (Å²) >= 11 is 0. The van der Waals surface area contributed by atoms with E-state index in [1.165, 1.54) is 23.6 Å². The van der Waals surface area contributed by atoms with Gasteiger partial charge in [0.1, 0.15) is 11.6 Å². The zero-order valence-electron chi connectivity index (χ0n) is 15.6. The number of rotatable bonds is 16. The molecule has 0 unspecified atom stereocenters. The molecule has 0 rings (SSSR count). The number of hydrogen-bond donors (Lipinski definition) is 3. The van der Waals surface area contributed by atoms with Crippen molar-refractivity contribution in [1.29, 1.82) is 0 Å². The highest BCUT2D eigenvalue weighted by Gasteiger charge is 2.18. The van der Waals surface area contributed by atoms with Gasteiger partial charge >= 0.3 is 17.9 Å². The molecule has 0 radical (unpaired) electrons. The third-order valence-corrected chi connectivity index (χ3v) is 3.43. The average molecular weight is 389 g/mol. The van der Waals surface area contributed by atoms with E-state index in [0.717, 1.165) is 0 Å². The molecule has 0 aromatic rings. The summed E-state index contributed by atoms with van der Waals surface area (Å²) in [5, 5.41) is 26.7. The second-order valence-electron chi connectivity index (χ2n) is 6.28. The van der Waals surface area contributed by atoms with Gasteiger partial charge in [-0.15, -0.1) is 0 Å². The van der Waals surface area contributed by atoms with Crippen molar-refractivity contribution in [1.82, 2.24) is 14.7 Å². The van der Waals surface area contributed by atoms with Crippen LogP contribution in [-0.2, 0) is 24.0 Å². The monoisotopic (exact) mass is 389 g/mol. The molecule has 0 bridgehead atoms. The van der Waals surface area contributed by atoms with Crippen LogP contribution in [0.4, 0.5) is 0 Å². The molecular formula is C16H27N3O8. The molecule has 0 aliphatic heterocycles. The van der Waals surface area contributed by atoms with Crippen LogP contribution in [0.3, 0.4) is 0 Å². The van der Waals surface area contributed by atoms with Crippen molar-refractivity contribution in [3.05, 3.63) is 0 Å². The Bertz CT molecular complexity index is 480. The fraction of sp³-hybridized carbons (Fsp3) is 0.688. The first-order valence-corrected chi connectivity index (χ1v) is 8.31. The zero-order chi connectivity index (χ0) is 21.0. The Balaban J connectivity index is 4.85. The molecule has 0 fully saturated rings. The Hall–Kier alpha value is -2.37. The number of carboxylic acids is 3. The van der Waals surface area contributed by atoms with Crippen LogP contribution < -0.4 is 0 Å². The fourth-order valence-corrected chi connectivity index (χ4v) is 2.47. The van der Waals surface area contributed by atoms with E-state index in [0.29, 0.717) is 0 Å². The van der Waals surface area contributed by atoms with E-state index in [9.17, 15) is 24.0 Å². The highest BCUT2D eigenvalue weighted by Crippen LogP contribution is 1.97. The summed E-state index contributed by atoms with van der Waals surface area (Å²) in [6, 6.07) is 0. The van der Waals surface area contributed by atoms with Crippen LogP contribution in [0, 0.1) is 0 Å². The van der Waals surface area contributed by atoms with Crippen LogP contribution in [0.2, 0.25) is 0 Å². The van der Waals surface area contributed by atoms with Gasteiger partial charge in [-0.1, -0.05) is 0 Å². The molecule has 0 saturated heterocycles. The van der Waals surface area contributed by atoms with E-state index < -0.39 is 31.0 Å². The molecular weight excluding hydrogens is 362 g/mol. The number of nitrogens with zero attached hydrogens (tertiary/aromatic N) is 3. The van der Waals surface area contributed by atoms with Gasteiger partial charge < -0.3 is 15.3 Å². The van der Waals surface area contributed by atoms with Crippen molar-refractivity contribution < 1.29 is 39.3 Å². The highest BCUT2D eigenvalue weighted by molar-refractivity contribution is 5.80. The van der Waals surface area contributed by atoms with Crippen LogP contribution in [0.5, 0.6) is 0 Å². The maximum atomic E-state index is 11.3. The third-order valence-electron chi connectivity index (χ3n) is 3.43. The quantitative estimate of drug-likeness (QED) is 0.277. The molecule has 11 heteroatoms. The lowest BCUT2D eigenvalue weighted by molar-refractivity contribution is -0.143. The molecule has 0 spiro atoms. The lowest BCUT2D eigenvalue weighted by Gasteiger charge is -2.27. The number of carboxylic acid groups (broad SMARTS) is 3. The Morgan fingerprint density at radius 3 is 1.07 bits per heavy atom. The van der Waals surface area contributed by atoms with Gasteiger partial charge in [-0.25, -0.2) is 0 Å². The second-order valence-corrected chi connectivity index (χ2v) is 6.28. The lowest BCUT2D eigenvalue weighted by atomic mass is 10.3. The van der Waals surface area contributed by atoms with Gasteiger partial charge in [0, 0.05) is 26.2 Å². The number of hydrogen-bond acceptors (Lipinski definition) is 8. The van der Waals surface area contributed by atoms with Crippen LogP contribution in [0.15, 0.2) is 0 Å². The molecule has 154 valence electrons. The normalized spacial score (nSPS) is 11.1. The first-order chi connectivity index (χ1) is 12.5. The summed E-state index contributed by atoms with van der Waals surface area (Å²) in [6.45, 7) is 2.27. The molecule has 3 N–H and O–H groups in total. The van der Waals surface area contributed by atoms with Crippen molar-refractivity contribution in [2.75, 3.05) is 58.9 Å². The maximum Gasteiger partial charge on any atom is 0.317 e. The lowest BCUT2D eigenvalue weighted by Crippen LogP contribution is -2.45. The van der Waals surface area contributed by atoms with Gasteiger partial charge in [0.15, 0.2) is 0 Å². The molecule has 0 aliphatic rings. The zero-order valence-corrected chi connectivity index (χ0v) is 15.6. The van der Waals surface area contributed by atoms with Crippen LogP contribution >= 0.6 is 0 Å². The molecule has 0 atom stereocenters. The fourth-order valence-electron chi connectivity index (χ4n) is 2.47. The van der Waals surface area contributed by atoms with Gasteiger partial charge in [0.25, 0.3) is 0 Å². The van der Waals surface area contributed by atoms with Crippen molar-refractivity contribution in [2.45, 2.75) is 13.8 Å². The molecule has 0 aliphatic carbocycles. The van der Waals surface area contributed by atoms with Crippen molar-refractivity contribution in [3.63, 3.8) is 0 Å². The molecule has 0 amide bonds. The minimum atomic E-state index is -1.19. The molecule has 27 heavy (non-hydrogen) atoms. The summed E-state index contributed by atoms with van der Waals surface area (Å²) in [5.74, 6) is -3.72. The Morgan fingerprint density at radius 1 is 0.519 bits per heavy atom. The summed E-state index contributed by atoms with van der Waals surface area (Å²) < 4.78 is 0. The molecule has 0 saturated carbocycles. The highest BCUT2D eigenvalue weighted by atomic mass is 16.4. The summed E-state index contributed by atoms with van der Waals surface area (Å²) in [7, 11) is 0. The standard InChI is InChI=1S/C16H27N3O8/c1-12(20)7-18(8-13(2)21)5-3-17(9-14(22)23)4-6-19(10-15(24)25)11-16(26)27/h3-11H2,1-2H3,(H,22,23)(H,24,25)(H,26,27). The first-order valence-electron chi connectivity index (χ1n) is 8.31. The van der Waals surface area contributed by atoms with Gasteiger partial charge in [0.2, 0.25) is 0 Å². The number of Topliss-reactive ketones (excluding diaryl/α,β-unsaturated/α-hetero) is 2. The number of carbonyl (C=O) groups excluding carboxylic acids is 2. The second kappa shape index (κ2) is 12.9. The number of carbonyl (C=O) groups is 5. The maximum absolute atomic E-state index is 11.3. The molecule has 0 aromatic carbocycles. The van der Waals surface area contributed by atoms with Gasteiger partial charge in [-0.3, -0.25) is 38.7 Å². The van der Waals surface area contributed by atoms with Crippen LogP contribution in [0.25, 0.3) is 0 Å². The van der Waals surface area contributed by atoms with Gasteiger partial charge in [-0.2, -0.15) is 0 Å². The van der Waals surface area contributed by atoms with E-state index >= 15 is 0 Å². The molecule has 0 heterocycles. The average Bonchev–Trinajstić information content (AvgIpc) is 2.46. The predicted octanol–water partition coefficient (Wildman–Crippen LogP) is -1.68. The topological polar surface area (TPSA) is 156 Å². The Morgan fingerprint density at radius 2 is 0.778 bits per heavy atom.